The van der Waals surface area contributed by atoms with Crippen molar-refractivity contribution in [2.24, 2.45) is 0 Å². The van der Waals surface area contributed by atoms with Gasteiger partial charge < -0.3 is 10.6 Å². The van der Waals surface area contributed by atoms with Crippen LogP contribution in [0.25, 0.3) is 0 Å². The molecule has 0 aliphatic rings. The van der Waals surface area contributed by atoms with E-state index >= 15 is 0 Å². The molecule has 0 bridgehead atoms. The van der Waals surface area contributed by atoms with Crippen LogP contribution < -0.4 is 10.6 Å². The number of carbonyl (C=O) groups is 1. The molecule has 1 unspecified atom stereocenters. The zero-order valence-electron chi connectivity index (χ0n) is 11.2. The number of aromatic nitrogens is 1. The van der Waals surface area contributed by atoms with Crippen LogP contribution in [0, 0.1) is 6.92 Å². The number of aryl methyl sites for hydroxylation is 1. The van der Waals surface area contributed by atoms with Gasteiger partial charge in [0, 0.05) is 29.9 Å². The van der Waals surface area contributed by atoms with Crippen molar-refractivity contribution < 1.29 is 4.79 Å². The molecule has 2 N–H and O–H groups in total. The van der Waals surface area contributed by atoms with E-state index in [0.29, 0.717) is 0 Å². The number of rotatable bonds is 4. The van der Waals surface area contributed by atoms with Gasteiger partial charge in [-0.05, 0) is 37.6 Å². The molecule has 0 aliphatic carbocycles. The number of anilines is 2. The largest absolute Gasteiger partial charge is 0.376 e. The van der Waals surface area contributed by atoms with Crippen molar-refractivity contribution in [2.45, 2.75) is 26.8 Å². The highest BCUT2D eigenvalue weighted by atomic mass is 32.1. The SMILES string of the molecule is CC(=O)Nc1ccc(NC(C)c2nccs2)cc1C. The van der Waals surface area contributed by atoms with Crippen LogP contribution in [0.1, 0.15) is 30.5 Å². The van der Waals surface area contributed by atoms with E-state index < -0.39 is 0 Å². The van der Waals surface area contributed by atoms with Crippen molar-refractivity contribution in [1.82, 2.24) is 4.98 Å². The van der Waals surface area contributed by atoms with Gasteiger partial charge in [-0.1, -0.05) is 0 Å². The van der Waals surface area contributed by atoms with Gasteiger partial charge in [-0.3, -0.25) is 4.79 Å². The van der Waals surface area contributed by atoms with Crippen LogP contribution in [0.4, 0.5) is 11.4 Å². The van der Waals surface area contributed by atoms with Crippen molar-refractivity contribution in [3.8, 4) is 0 Å². The molecule has 0 saturated carbocycles. The van der Waals surface area contributed by atoms with Gasteiger partial charge >= 0.3 is 0 Å². The van der Waals surface area contributed by atoms with Crippen LogP contribution >= 0.6 is 11.3 Å². The van der Waals surface area contributed by atoms with Crippen molar-refractivity contribution >= 4 is 28.6 Å². The lowest BCUT2D eigenvalue weighted by atomic mass is 10.1. The van der Waals surface area contributed by atoms with Crippen LogP contribution in [0.3, 0.4) is 0 Å². The van der Waals surface area contributed by atoms with Gasteiger partial charge in [0.05, 0.1) is 6.04 Å². The minimum atomic E-state index is -0.0556. The highest BCUT2D eigenvalue weighted by molar-refractivity contribution is 7.09. The molecule has 0 aliphatic heterocycles. The topological polar surface area (TPSA) is 54.0 Å². The summed E-state index contributed by atoms with van der Waals surface area (Å²) in [5.74, 6) is -0.0556. The molecule has 0 radical (unpaired) electrons. The lowest BCUT2D eigenvalue weighted by molar-refractivity contribution is -0.114. The molecule has 0 saturated heterocycles. The Hall–Kier alpha value is -1.88. The van der Waals surface area contributed by atoms with Crippen LogP contribution in [0.5, 0.6) is 0 Å². The molecule has 0 spiro atoms. The van der Waals surface area contributed by atoms with Crippen molar-refractivity contribution in [2.75, 3.05) is 10.6 Å². The molecular weight excluding hydrogens is 258 g/mol. The second kappa shape index (κ2) is 5.84. The highest BCUT2D eigenvalue weighted by Gasteiger charge is 2.08. The predicted octanol–water partition coefficient (Wildman–Crippen LogP) is 3.58. The summed E-state index contributed by atoms with van der Waals surface area (Å²) in [7, 11) is 0. The van der Waals surface area contributed by atoms with Gasteiger partial charge in [-0.15, -0.1) is 11.3 Å². The van der Waals surface area contributed by atoms with Crippen molar-refractivity contribution in [3.63, 3.8) is 0 Å². The van der Waals surface area contributed by atoms with Crippen molar-refractivity contribution in [1.29, 1.82) is 0 Å². The first-order valence-electron chi connectivity index (χ1n) is 6.10. The molecule has 5 heteroatoms. The third-order valence-corrected chi connectivity index (χ3v) is 3.70. The van der Waals surface area contributed by atoms with E-state index in [0.717, 1.165) is 21.9 Å². The molecule has 1 heterocycles. The number of thiazole rings is 1. The Morgan fingerprint density at radius 2 is 2.21 bits per heavy atom. The summed E-state index contributed by atoms with van der Waals surface area (Å²) in [6.45, 7) is 5.57. The number of hydrogen-bond acceptors (Lipinski definition) is 4. The summed E-state index contributed by atoms with van der Waals surface area (Å²) in [5.41, 5.74) is 2.90. The summed E-state index contributed by atoms with van der Waals surface area (Å²) in [6.07, 6.45) is 1.81. The summed E-state index contributed by atoms with van der Waals surface area (Å²) in [6, 6.07) is 6.07. The lowest BCUT2D eigenvalue weighted by Gasteiger charge is -2.15. The second-order valence-corrected chi connectivity index (χ2v) is 5.37. The van der Waals surface area contributed by atoms with E-state index in [1.807, 2.05) is 36.7 Å². The average Bonchev–Trinajstić information content (AvgIpc) is 2.86. The Kier molecular flexibility index (Phi) is 4.16. The molecule has 1 aromatic carbocycles. The fraction of sp³-hybridized carbons (Fsp3) is 0.286. The zero-order valence-corrected chi connectivity index (χ0v) is 12.0. The number of nitrogens with zero attached hydrogens (tertiary/aromatic N) is 1. The van der Waals surface area contributed by atoms with Gasteiger partial charge in [0.2, 0.25) is 5.91 Å². The molecule has 0 fully saturated rings. The van der Waals surface area contributed by atoms with Crippen LogP contribution in [-0.2, 0) is 4.79 Å². The minimum absolute atomic E-state index is 0.0556. The third kappa shape index (κ3) is 3.54. The Morgan fingerprint density at radius 1 is 1.42 bits per heavy atom. The molecule has 2 rings (SSSR count). The molecule has 4 nitrogen and oxygen atoms in total. The Balaban J connectivity index is 2.10. The molecule has 19 heavy (non-hydrogen) atoms. The molecule has 1 amide bonds. The molecule has 2 aromatic rings. The summed E-state index contributed by atoms with van der Waals surface area (Å²) < 4.78 is 0. The maximum atomic E-state index is 11.0. The third-order valence-electron chi connectivity index (χ3n) is 2.74. The first-order chi connectivity index (χ1) is 9.06. The standard InChI is InChI=1S/C14H17N3OS/c1-9-8-12(4-5-13(9)17-11(3)18)16-10(2)14-15-6-7-19-14/h4-8,10,16H,1-3H3,(H,17,18). The maximum Gasteiger partial charge on any atom is 0.221 e. The fourth-order valence-electron chi connectivity index (χ4n) is 1.84. The normalized spacial score (nSPS) is 11.9. The van der Waals surface area contributed by atoms with Crippen LogP contribution in [-0.4, -0.2) is 10.9 Å². The van der Waals surface area contributed by atoms with Gasteiger partial charge in [-0.25, -0.2) is 4.98 Å². The Labute approximate surface area is 116 Å². The van der Waals surface area contributed by atoms with Crippen LogP contribution in [0.2, 0.25) is 0 Å². The van der Waals surface area contributed by atoms with Gasteiger partial charge in [0.25, 0.3) is 0 Å². The number of hydrogen-bond donors (Lipinski definition) is 2. The number of amides is 1. The fourth-order valence-corrected chi connectivity index (χ4v) is 2.49. The summed E-state index contributed by atoms with van der Waals surface area (Å²) in [5, 5.41) is 9.23. The summed E-state index contributed by atoms with van der Waals surface area (Å²) >= 11 is 1.64. The predicted molar refractivity (Wildman–Crippen MR) is 79.6 cm³/mol. The van der Waals surface area contributed by atoms with E-state index in [-0.39, 0.29) is 11.9 Å². The molecule has 1 atom stereocenters. The minimum Gasteiger partial charge on any atom is -0.376 e. The maximum absolute atomic E-state index is 11.0. The number of carbonyl (C=O) groups excluding carboxylic acids is 1. The molecular formula is C14H17N3OS. The van der Waals surface area contributed by atoms with E-state index in [1.165, 1.54) is 6.92 Å². The highest BCUT2D eigenvalue weighted by Crippen LogP contribution is 2.24. The smallest absolute Gasteiger partial charge is 0.221 e. The first kappa shape index (κ1) is 13.5. The first-order valence-corrected chi connectivity index (χ1v) is 6.98. The van der Waals surface area contributed by atoms with Crippen molar-refractivity contribution in [3.05, 3.63) is 40.3 Å². The molecule has 1 aromatic heterocycles. The Morgan fingerprint density at radius 3 is 2.79 bits per heavy atom. The van der Waals surface area contributed by atoms with Gasteiger partial charge in [0.1, 0.15) is 5.01 Å². The zero-order chi connectivity index (χ0) is 13.8. The number of benzene rings is 1. The number of nitrogens with one attached hydrogen (secondary N) is 2. The van der Waals surface area contributed by atoms with E-state index in [9.17, 15) is 4.79 Å². The Bertz CT molecular complexity index is 566. The van der Waals surface area contributed by atoms with Gasteiger partial charge in [0.15, 0.2) is 0 Å². The molecule has 100 valence electrons. The van der Waals surface area contributed by atoms with Crippen LogP contribution in [0.15, 0.2) is 29.8 Å². The van der Waals surface area contributed by atoms with E-state index in [1.54, 1.807) is 11.3 Å². The second-order valence-electron chi connectivity index (χ2n) is 4.45. The lowest BCUT2D eigenvalue weighted by Crippen LogP contribution is -2.09. The van der Waals surface area contributed by atoms with Gasteiger partial charge in [-0.2, -0.15) is 0 Å². The van der Waals surface area contributed by atoms with E-state index in [4.69, 9.17) is 0 Å². The average molecular weight is 275 g/mol. The summed E-state index contributed by atoms with van der Waals surface area (Å²) in [4.78, 5) is 15.3. The monoisotopic (exact) mass is 275 g/mol. The quantitative estimate of drug-likeness (QED) is 0.896. The van der Waals surface area contributed by atoms with E-state index in [2.05, 4.69) is 22.5 Å².